The molecule has 126 valence electrons. The van der Waals surface area contributed by atoms with Gasteiger partial charge in [-0.1, -0.05) is 20.3 Å². The fraction of sp³-hybridized carbons (Fsp3) is 1.00. The highest BCUT2D eigenvalue weighted by Crippen LogP contribution is 2.30. The molecule has 0 amide bonds. The zero-order chi connectivity index (χ0) is 15.5. The van der Waals surface area contributed by atoms with E-state index in [1.54, 1.807) is 14.2 Å². The van der Waals surface area contributed by atoms with Gasteiger partial charge < -0.3 is 14.8 Å². The monoisotopic (exact) mass is 300 g/mol. The number of rotatable bonds is 11. The van der Waals surface area contributed by atoms with Gasteiger partial charge in [-0.25, -0.2) is 0 Å². The highest BCUT2D eigenvalue weighted by atomic mass is 16.5. The summed E-state index contributed by atoms with van der Waals surface area (Å²) in [7, 11) is 3.58. The van der Waals surface area contributed by atoms with Crippen LogP contribution in [0.15, 0.2) is 0 Å². The van der Waals surface area contributed by atoms with Gasteiger partial charge in [0.15, 0.2) is 0 Å². The Balaban J connectivity index is 2.68. The maximum atomic E-state index is 5.31. The minimum atomic E-state index is 0.626. The molecule has 4 nitrogen and oxygen atoms in total. The molecular formula is C17H36N2O2. The van der Waals surface area contributed by atoms with Gasteiger partial charge >= 0.3 is 0 Å². The molecule has 0 spiro atoms. The molecule has 3 unspecified atom stereocenters. The average Bonchev–Trinajstić information content (AvgIpc) is 2.53. The molecule has 0 aromatic rings. The Morgan fingerprint density at radius 3 is 2.24 bits per heavy atom. The fourth-order valence-corrected chi connectivity index (χ4v) is 3.43. The molecule has 1 saturated carbocycles. The first-order chi connectivity index (χ1) is 10.3. The second kappa shape index (κ2) is 11.4. The molecule has 0 radical (unpaired) electrons. The Morgan fingerprint density at radius 1 is 1.05 bits per heavy atom. The molecule has 1 aliphatic carbocycles. The Labute approximate surface area is 131 Å². The van der Waals surface area contributed by atoms with Crippen LogP contribution in [-0.4, -0.2) is 64.1 Å². The van der Waals surface area contributed by atoms with Crippen molar-refractivity contribution < 1.29 is 9.47 Å². The number of hydrogen-bond acceptors (Lipinski definition) is 4. The maximum Gasteiger partial charge on any atom is 0.0589 e. The number of nitrogens with zero attached hydrogens (tertiary/aromatic N) is 1. The van der Waals surface area contributed by atoms with Gasteiger partial charge in [0, 0.05) is 39.4 Å². The van der Waals surface area contributed by atoms with Crippen LogP contribution in [0.25, 0.3) is 0 Å². The van der Waals surface area contributed by atoms with E-state index in [1.807, 2.05) is 0 Å². The predicted octanol–water partition coefficient (Wildman–Crippen LogP) is 2.53. The summed E-state index contributed by atoms with van der Waals surface area (Å²) in [4.78, 5) is 2.59. The van der Waals surface area contributed by atoms with E-state index in [-0.39, 0.29) is 0 Å². The molecule has 21 heavy (non-hydrogen) atoms. The largest absolute Gasteiger partial charge is 0.383 e. The van der Waals surface area contributed by atoms with Crippen LogP contribution >= 0.6 is 0 Å². The van der Waals surface area contributed by atoms with Crippen molar-refractivity contribution in [2.75, 3.05) is 47.1 Å². The number of hydrogen-bond donors (Lipinski definition) is 1. The summed E-state index contributed by atoms with van der Waals surface area (Å²) in [5.41, 5.74) is 0. The van der Waals surface area contributed by atoms with Crippen molar-refractivity contribution in [3.63, 3.8) is 0 Å². The van der Waals surface area contributed by atoms with Crippen molar-refractivity contribution >= 4 is 0 Å². The number of ether oxygens (including phenoxy) is 2. The van der Waals surface area contributed by atoms with E-state index in [2.05, 4.69) is 24.1 Å². The van der Waals surface area contributed by atoms with Crippen molar-refractivity contribution in [1.29, 1.82) is 0 Å². The first-order valence-electron chi connectivity index (χ1n) is 8.72. The van der Waals surface area contributed by atoms with Crippen LogP contribution in [0, 0.1) is 5.92 Å². The van der Waals surface area contributed by atoms with Crippen molar-refractivity contribution in [3.8, 4) is 0 Å². The molecule has 0 heterocycles. The van der Waals surface area contributed by atoms with Gasteiger partial charge in [0.05, 0.1) is 13.2 Å². The Kier molecular flexibility index (Phi) is 10.3. The zero-order valence-electron chi connectivity index (χ0n) is 14.6. The summed E-state index contributed by atoms with van der Waals surface area (Å²) < 4.78 is 10.6. The highest BCUT2D eigenvalue weighted by molar-refractivity contribution is 4.91. The molecule has 0 aromatic heterocycles. The fourth-order valence-electron chi connectivity index (χ4n) is 3.43. The summed E-state index contributed by atoms with van der Waals surface area (Å²) >= 11 is 0. The van der Waals surface area contributed by atoms with Gasteiger partial charge in [-0.2, -0.15) is 0 Å². The van der Waals surface area contributed by atoms with Crippen LogP contribution in [-0.2, 0) is 9.47 Å². The van der Waals surface area contributed by atoms with Crippen molar-refractivity contribution in [2.45, 2.75) is 58.0 Å². The Hall–Kier alpha value is -0.160. The highest BCUT2D eigenvalue weighted by Gasteiger charge is 2.33. The summed E-state index contributed by atoms with van der Waals surface area (Å²) in [5.74, 6) is 0.877. The zero-order valence-corrected chi connectivity index (χ0v) is 14.6. The molecule has 0 bridgehead atoms. The molecule has 0 aliphatic heterocycles. The topological polar surface area (TPSA) is 33.7 Å². The van der Waals surface area contributed by atoms with Crippen LogP contribution in [0.2, 0.25) is 0 Å². The van der Waals surface area contributed by atoms with Gasteiger partial charge in [-0.3, -0.25) is 4.90 Å². The molecule has 4 heteroatoms. The average molecular weight is 300 g/mol. The van der Waals surface area contributed by atoms with Gasteiger partial charge in [-0.15, -0.1) is 0 Å². The maximum absolute atomic E-state index is 5.31. The molecule has 1 aliphatic rings. The lowest BCUT2D eigenvalue weighted by Gasteiger charge is -2.43. The summed E-state index contributed by atoms with van der Waals surface area (Å²) in [6, 6.07) is 1.25. The van der Waals surface area contributed by atoms with E-state index in [9.17, 15) is 0 Å². The number of methoxy groups -OCH3 is 2. The van der Waals surface area contributed by atoms with Gasteiger partial charge in [0.2, 0.25) is 0 Å². The summed E-state index contributed by atoms with van der Waals surface area (Å²) in [6.45, 7) is 9.31. The van der Waals surface area contributed by atoms with Crippen molar-refractivity contribution in [2.24, 2.45) is 5.92 Å². The lowest BCUT2D eigenvalue weighted by Crippen LogP contribution is -2.54. The SMILES string of the molecule is CCCNC1CCC(CC)CC1N(CCOC)CCOC. The molecule has 3 atom stereocenters. The second-order valence-corrected chi connectivity index (χ2v) is 6.24. The first kappa shape index (κ1) is 18.9. The Bertz CT molecular complexity index is 243. The smallest absolute Gasteiger partial charge is 0.0589 e. The van der Waals surface area contributed by atoms with E-state index in [0.29, 0.717) is 12.1 Å². The van der Waals surface area contributed by atoms with E-state index in [4.69, 9.17) is 9.47 Å². The first-order valence-corrected chi connectivity index (χ1v) is 8.72. The summed E-state index contributed by atoms with van der Waals surface area (Å²) in [6.07, 6.45) is 6.50. The minimum Gasteiger partial charge on any atom is -0.383 e. The van der Waals surface area contributed by atoms with Gasteiger partial charge in [0.1, 0.15) is 0 Å². The standard InChI is InChI=1S/C17H36N2O2/c1-5-9-18-16-8-7-15(6-2)14-17(16)19(10-12-20-3)11-13-21-4/h15-18H,5-14H2,1-4H3. The molecule has 0 saturated heterocycles. The third-order valence-corrected chi connectivity index (χ3v) is 4.79. The van der Waals surface area contributed by atoms with E-state index in [0.717, 1.165) is 38.8 Å². The molecule has 1 rings (SSSR count). The quantitative estimate of drug-likeness (QED) is 0.636. The van der Waals surface area contributed by atoms with E-state index in [1.165, 1.54) is 32.1 Å². The third-order valence-electron chi connectivity index (χ3n) is 4.79. The Morgan fingerprint density at radius 2 is 1.71 bits per heavy atom. The van der Waals surface area contributed by atoms with Gasteiger partial charge in [0.25, 0.3) is 0 Å². The van der Waals surface area contributed by atoms with E-state index >= 15 is 0 Å². The number of nitrogens with one attached hydrogen (secondary N) is 1. The van der Waals surface area contributed by atoms with Crippen LogP contribution in [0.5, 0.6) is 0 Å². The lowest BCUT2D eigenvalue weighted by atomic mass is 9.80. The molecular weight excluding hydrogens is 264 g/mol. The third kappa shape index (κ3) is 6.64. The van der Waals surface area contributed by atoms with Crippen LogP contribution in [0.4, 0.5) is 0 Å². The van der Waals surface area contributed by atoms with Gasteiger partial charge in [-0.05, 0) is 38.1 Å². The lowest BCUT2D eigenvalue weighted by molar-refractivity contribution is 0.0468. The molecule has 1 N–H and O–H groups in total. The molecule has 1 fully saturated rings. The van der Waals surface area contributed by atoms with Crippen LogP contribution in [0.1, 0.15) is 46.0 Å². The second-order valence-electron chi connectivity index (χ2n) is 6.24. The predicted molar refractivity (Wildman–Crippen MR) is 88.8 cm³/mol. The van der Waals surface area contributed by atoms with Crippen LogP contribution < -0.4 is 5.32 Å². The van der Waals surface area contributed by atoms with Crippen molar-refractivity contribution in [1.82, 2.24) is 10.2 Å². The minimum absolute atomic E-state index is 0.626. The van der Waals surface area contributed by atoms with Crippen LogP contribution in [0.3, 0.4) is 0 Å². The van der Waals surface area contributed by atoms with E-state index < -0.39 is 0 Å². The summed E-state index contributed by atoms with van der Waals surface area (Å²) in [5, 5.41) is 3.78. The molecule has 0 aromatic carbocycles. The van der Waals surface area contributed by atoms with Crippen molar-refractivity contribution in [3.05, 3.63) is 0 Å². The normalized spacial score (nSPS) is 26.4.